The first-order valence-corrected chi connectivity index (χ1v) is 6.98. The molecule has 0 unspecified atom stereocenters. The first-order chi connectivity index (χ1) is 10.2. The highest BCUT2D eigenvalue weighted by Crippen LogP contribution is 2.32. The zero-order valence-corrected chi connectivity index (χ0v) is 11.7. The fraction of sp³-hybridized carbons (Fsp3) is 0.267. The van der Waals surface area contributed by atoms with Crippen molar-refractivity contribution in [2.75, 3.05) is 24.6 Å². The van der Waals surface area contributed by atoms with E-state index in [9.17, 15) is 0 Å². The standard InChI is InChI=1S/C15H19N5O/c16-10-2-4-11(5-3-10)21-12-6-9-18-14(17)13(12)15-19-7-1-8-20-15/h2-6,9,15,19-20H,1,7-8,16H2,(H2,17,18). The van der Waals surface area contributed by atoms with Crippen LogP contribution < -0.4 is 26.8 Å². The molecule has 1 aliphatic heterocycles. The van der Waals surface area contributed by atoms with E-state index in [0.29, 0.717) is 23.0 Å². The Kier molecular flexibility index (Phi) is 3.89. The first-order valence-electron chi connectivity index (χ1n) is 6.98. The molecule has 1 aromatic heterocycles. The molecule has 3 rings (SSSR count). The Morgan fingerprint density at radius 2 is 1.76 bits per heavy atom. The third-order valence-electron chi connectivity index (χ3n) is 3.43. The van der Waals surface area contributed by atoms with Crippen LogP contribution in [0.15, 0.2) is 36.5 Å². The second-order valence-corrected chi connectivity index (χ2v) is 4.97. The van der Waals surface area contributed by atoms with Gasteiger partial charge in [-0.15, -0.1) is 0 Å². The summed E-state index contributed by atoms with van der Waals surface area (Å²) in [6.07, 6.45) is 2.69. The van der Waals surface area contributed by atoms with Crippen molar-refractivity contribution < 1.29 is 4.74 Å². The number of pyridine rings is 1. The van der Waals surface area contributed by atoms with Gasteiger partial charge in [-0.2, -0.15) is 0 Å². The van der Waals surface area contributed by atoms with Crippen LogP contribution in [-0.2, 0) is 0 Å². The normalized spacial score (nSPS) is 15.8. The van der Waals surface area contributed by atoms with E-state index >= 15 is 0 Å². The maximum absolute atomic E-state index is 6.04. The predicted octanol–water partition coefficient (Wildman–Crippen LogP) is 1.62. The van der Waals surface area contributed by atoms with Crippen molar-refractivity contribution in [3.05, 3.63) is 42.1 Å². The Morgan fingerprint density at radius 3 is 2.48 bits per heavy atom. The Bertz CT molecular complexity index is 608. The minimum absolute atomic E-state index is 0.0452. The van der Waals surface area contributed by atoms with Gasteiger partial charge >= 0.3 is 0 Å². The second kappa shape index (κ2) is 5.99. The van der Waals surface area contributed by atoms with Gasteiger partial charge in [-0.25, -0.2) is 4.98 Å². The second-order valence-electron chi connectivity index (χ2n) is 4.97. The number of nitrogens with two attached hydrogens (primary N) is 2. The van der Waals surface area contributed by atoms with Gasteiger partial charge in [0.1, 0.15) is 17.3 Å². The molecule has 0 radical (unpaired) electrons. The number of rotatable bonds is 3. The van der Waals surface area contributed by atoms with Crippen molar-refractivity contribution >= 4 is 11.5 Å². The highest BCUT2D eigenvalue weighted by Gasteiger charge is 2.21. The van der Waals surface area contributed by atoms with Gasteiger partial charge < -0.3 is 16.2 Å². The number of aromatic nitrogens is 1. The summed E-state index contributed by atoms with van der Waals surface area (Å²) in [6, 6.07) is 9.09. The Labute approximate surface area is 123 Å². The molecule has 1 aromatic carbocycles. The fourth-order valence-electron chi connectivity index (χ4n) is 2.37. The number of hydrogen-bond donors (Lipinski definition) is 4. The lowest BCUT2D eigenvalue weighted by molar-refractivity contribution is 0.367. The number of nitrogens with zero attached hydrogens (tertiary/aromatic N) is 1. The maximum atomic E-state index is 6.04. The number of benzene rings is 1. The molecule has 21 heavy (non-hydrogen) atoms. The van der Waals surface area contributed by atoms with E-state index in [1.165, 1.54) is 0 Å². The summed E-state index contributed by atoms with van der Waals surface area (Å²) in [5.41, 5.74) is 13.3. The summed E-state index contributed by atoms with van der Waals surface area (Å²) in [6.45, 7) is 1.88. The zero-order chi connectivity index (χ0) is 14.7. The Hall–Kier alpha value is -2.31. The lowest BCUT2D eigenvalue weighted by Crippen LogP contribution is -2.41. The number of nitrogens with one attached hydrogen (secondary N) is 2. The summed E-state index contributed by atoms with van der Waals surface area (Å²) in [5, 5.41) is 6.76. The van der Waals surface area contributed by atoms with Gasteiger partial charge in [0, 0.05) is 11.9 Å². The van der Waals surface area contributed by atoms with Crippen molar-refractivity contribution in [1.29, 1.82) is 0 Å². The highest BCUT2D eigenvalue weighted by atomic mass is 16.5. The van der Waals surface area contributed by atoms with Crippen LogP contribution in [0, 0.1) is 0 Å². The molecule has 6 N–H and O–H groups in total. The van der Waals surface area contributed by atoms with Crippen LogP contribution >= 0.6 is 0 Å². The van der Waals surface area contributed by atoms with E-state index in [2.05, 4.69) is 15.6 Å². The Balaban J connectivity index is 1.90. The molecule has 1 fully saturated rings. The fourth-order valence-corrected chi connectivity index (χ4v) is 2.37. The van der Waals surface area contributed by atoms with Gasteiger partial charge in [-0.1, -0.05) is 0 Å². The lowest BCUT2D eigenvalue weighted by atomic mass is 10.1. The van der Waals surface area contributed by atoms with Crippen molar-refractivity contribution in [2.24, 2.45) is 0 Å². The smallest absolute Gasteiger partial charge is 0.138 e. The van der Waals surface area contributed by atoms with E-state index in [-0.39, 0.29) is 6.17 Å². The van der Waals surface area contributed by atoms with Crippen LogP contribution in [0.2, 0.25) is 0 Å². The molecule has 6 nitrogen and oxygen atoms in total. The molecule has 0 atom stereocenters. The summed E-state index contributed by atoms with van der Waals surface area (Å²) < 4.78 is 5.94. The molecule has 0 amide bonds. The van der Waals surface area contributed by atoms with Gasteiger partial charge in [0.2, 0.25) is 0 Å². The van der Waals surface area contributed by atoms with Crippen molar-refractivity contribution in [2.45, 2.75) is 12.6 Å². The average molecular weight is 285 g/mol. The minimum Gasteiger partial charge on any atom is -0.457 e. The summed E-state index contributed by atoms with van der Waals surface area (Å²) in [4.78, 5) is 4.17. The van der Waals surface area contributed by atoms with Crippen LogP contribution in [0.25, 0.3) is 0 Å². The molecule has 0 aliphatic carbocycles. The van der Waals surface area contributed by atoms with Crippen LogP contribution in [0.5, 0.6) is 11.5 Å². The van der Waals surface area contributed by atoms with E-state index in [0.717, 1.165) is 25.1 Å². The highest BCUT2D eigenvalue weighted by molar-refractivity contribution is 5.52. The third-order valence-corrected chi connectivity index (χ3v) is 3.43. The molecule has 6 heteroatoms. The summed E-state index contributed by atoms with van der Waals surface area (Å²) >= 11 is 0. The van der Waals surface area contributed by atoms with Gasteiger partial charge in [-0.05, 0) is 49.8 Å². The van der Waals surface area contributed by atoms with Crippen LogP contribution in [-0.4, -0.2) is 18.1 Å². The molecule has 0 saturated carbocycles. The molecule has 0 bridgehead atoms. The molecular weight excluding hydrogens is 266 g/mol. The number of anilines is 2. The topological polar surface area (TPSA) is 98.2 Å². The molecule has 2 heterocycles. The third kappa shape index (κ3) is 3.07. The maximum Gasteiger partial charge on any atom is 0.138 e. The molecule has 0 spiro atoms. The Morgan fingerprint density at radius 1 is 1.05 bits per heavy atom. The van der Waals surface area contributed by atoms with E-state index in [4.69, 9.17) is 16.2 Å². The van der Waals surface area contributed by atoms with Crippen molar-refractivity contribution in [3.63, 3.8) is 0 Å². The van der Waals surface area contributed by atoms with Crippen LogP contribution in [0.4, 0.5) is 11.5 Å². The molecule has 2 aromatic rings. The average Bonchev–Trinajstić information content (AvgIpc) is 2.51. The summed E-state index contributed by atoms with van der Waals surface area (Å²) in [7, 11) is 0. The quantitative estimate of drug-likeness (QED) is 0.640. The van der Waals surface area contributed by atoms with Crippen molar-refractivity contribution in [3.8, 4) is 11.5 Å². The molecule has 1 saturated heterocycles. The van der Waals surface area contributed by atoms with Crippen LogP contribution in [0.1, 0.15) is 18.2 Å². The lowest BCUT2D eigenvalue weighted by Gasteiger charge is -2.27. The number of ether oxygens (including phenoxy) is 1. The molecule has 110 valence electrons. The number of nitrogen functional groups attached to an aromatic ring is 2. The zero-order valence-electron chi connectivity index (χ0n) is 11.7. The predicted molar refractivity (Wildman–Crippen MR) is 82.9 cm³/mol. The number of hydrogen-bond acceptors (Lipinski definition) is 6. The van der Waals surface area contributed by atoms with Gasteiger partial charge in [-0.3, -0.25) is 10.6 Å². The van der Waals surface area contributed by atoms with Gasteiger partial charge in [0.25, 0.3) is 0 Å². The van der Waals surface area contributed by atoms with E-state index in [1.54, 1.807) is 18.3 Å². The monoisotopic (exact) mass is 285 g/mol. The minimum atomic E-state index is -0.0452. The van der Waals surface area contributed by atoms with Crippen molar-refractivity contribution in [1.82, 2.24) is 15.6 Å². The summed E-state index contributed by atoms with van der Waals surface area (Å²) in [5.74, 6) is 1.88. The van der Waals surface area contributed by atoms with Gasteiger partial charge in [0.05, 0.1) is 11.7 Å². The molecular formula is C15H19N5O. The van der Waals surface area contributed by atoms with Crippen LogP contribution in [0.3, 0.4) is 0 Å². The SMILES string of the molecule is Nc1ccc(Oc2ccnc(N)c2C2NCCCN2)cc1. The van der Waals surface area contributed by atoms with E-state index in [1.807, 2.05) is 18.2 Å². The largest absolute Gasteiger partial charge is 0.457 e. The molecule has 1 aliphatic rings. The first kappa shape index (κ1) is 13.7. The van der Waals surface area contributed by atoms with E-state index < -0.39 is 0 Å². The van der Waals surface area contributed by atoms with Gasteiger partial charge in [0.15, 0.2) is 0 Å².